The molecule has 2 aliphatic rings. The lowest BCUT2D eigenvalue weighted by Crippen LogP contribution is -2.49. The summed E-state index contributed by atoms with van der Waals surface area (Å²) in [7, 11) is -3.55. The first-order valence-electron chi connectivity index (χ1n) is 14.2. The Hall–Kier alpha value is -3.93. The number of anilines is 3. The van der Waals surface area contributed by atoms with Gasteiger partial charge < -0.3 is 15.0 Å². The van der Waals surface area contributed by atoms with Crippen LogP contribution in [-0.4, -0.2) is 60.3 Å². The van der Waals surface area contributed by atoms with Crippen LogP contribution in [0.4, 0.5) is 17.1 Å². The summed E-state index contributed by atoms with van der Waals surface area (Å²) in [5.41, 5.74) is 3.28. The third-order valence-corrected chi connectivity index (χ3v) is 9.97. The van der Waals surface area contributed by atoms with E-state index in [9.17, 15) is 13.2 Å². The minimum atomic E-state index is -3.55. The first kappa shape index (κ1) is 29.2. The minimum Gasteiger partial charge on any atom is -0.486 e. The van der Waals surface area contributed by atoms with E-state index in [-0.39, 0.29) is 22.5 Å². The van der Waals surface area contributed by atoms with Crippen LogP contribution in [0.2, 0.25) is 5.02 Å². The zero-order chi connectivity index (χ0) is 30.0. The fourth-order valence-corrected chi connectivity index (χ4v) is 6.68. The normalized spacial score (nSPS) is 16.6. The summed E-state index contributed by atoms with van der Waals surface area (Å²) in [6.07, 6.45) is 7.14. The predicted octanol–water partition coefficient (Wildman–Crippen LogP) is 4.86. The Labute approximate surface area is 255 Å². The number of sulfonamides is 1. The van der Waals surface area contributed by atoms with E-state index in [0.29, 0.717) is 54.7 Å². The molecule has 2 fully saturated rings. The van der Waals surface area contributed by atoms with E-state index < -0.39 is 10.0 Å². The van der Waals surface area contributed by atoms with Gasteiger partial charge in [0.1, 0.15) is 5.69 Å². The zero-order valence-corrected chi connectivity index (χ0v) is 25.4. The van der Waals surface area contributed by atoms with Crippen LogP contribution < -0.4 is 20.5 Å². The third-order valence-electron chi connectivity index (χ3n) is 7.88. The quantitative estimate of drug-likeness (QED) is 0.268. The van der Waals surface area contributed by atoms with Gasteiger partial charge in [-0.05, 0) is 60.9 Å². The molecule has 2 aromatic heterocycles. The standard InChI is InChI=1S/C31H33ClN6O4S/c1-31(11-12-31)22-42-29-28(20-34-38(30(29)39)27-4-2-3-24(32)19-27)36-15-17-37(18-16-36)43(40,41)21-23-5-7-25(8-6-23)35-26-9-13-33-14-10-26/h2-10,13-14,19-20H,11-12,15-18,21-22H2,1H3,(H,33,35). The largest absolute Gasteiger partial charge is 0.486 e. The highest BCUT2D eigenvalue weighted by molar-refractivity contribution is 7.88. The fraction of sp³-hybridized carbons (Fsp3) is 0.323. The van der Waals surface area contributed by atoms with Crippen LogP contribution in [-0.2, 0) is 15.8 Å². The van der Waals surface area contributed by atoms with Gasteiger partial charge in [-0.1, -0.05) is 36.7 Å². The Morgan fingerprint density at radius 1 is 0.977 bits per heavy atom. The lowest BCUT2D eigenvalue weighted by atomic mass is 10.2. The molecule has 0 radical (unpaired) electrons. The fourth-order valence-electron chi connectivity index (χ4n) is 4.98. The highest BCUT2D eigenvalue weighted by Crippen LogP contribution is 2.45. The van der Waals surface area contributed by atoms with Crippen molar-refractivity contribution in [1.82, 2.24) is 19.1 Å². The molecule has 0 atom stereocenters. The van der Waals surface area contributed by atoms with Gasteiger partial charge in [0.15, 0.2) is 0 Å². The van der Waals surface area contributed by atoms with Crippen molar-refractivity contribution in [1.29, 1.82) is 0 Å². The molecular weight excluding hydrogens is 588 g/mol. The maximum absolute atomic E-state index is 13.6. The molecule has 0 amide bonds. The van der Waals surface area contributed by atoms with Crippen molar-refractivity contribution in [3.05, 3.63) is 100 Å². The van der Waals surface area contributed by atoms with Gasteiger partial charge in [0.05, 0.1) is 24.2 Å². The molecule has 1 aliphatic carbocycles. The molecular formula is C31H33ClN6O4S. The minimum absolute atomic E-state index is 0.0634. The Morgan fingerprint density at radius 3 is 2.35 bits per heavy atom. The maximum atomic E-state index is 13.6. The second-order valence-electron chi connectivity index (χ2n) is 11.4. The second kappa shape index (κ2) is 12.0. The van der Waals surface area contributed by atoms with E-state index >= 15 is 0 Å². The van der Waals surface area contributed by atoms with Crippen LogP contribution in [0.3, 0.4) is 0 Å². The smallest absolute Gasteiger partial charge is 0.316 e. The summed E-state index contributed by atoms with van der Waals surface area (Å²) in [4.78, 5) is 19.6. The Balaban J connectivity index is 1.14. The molecule has 0 bridgehead atoms. The average molecular weight is 621 g/mol. The number of aromatic nitrogens is 3. The summed E-state index contributed by atoms with van der Waals surface area (Å²) >= 11 is 6.17. The molecule has 0 spiro atoms. The SMILES string of the molecule is CC1(COc2c(N3CCN(S(=O)(=O)Cc4ccc(Nc5ccncc5)cc4)CC3)cnn(-c3cccc(Cl)c3)c2=O)CC1. The van der Waals surface area contributed by atoms with Crippen LogP contribution in [0.1, 0.15) is 25.3 Å². The molecule has 6 rings (SSSR count). The van der Waals surface area contributed by atoms with Crippen molar-refractivity contribution in [2.45, 2.75) is 25.5 Å². The lowest BCUT2D eigenvalue weighted by Gasteiger charge is -2.35. The van der Waals surface area contributed by atoms with Crippen LogP contribution in [0, 0.1) is 5.41 Å². The van der Waals surface area contributed by atoms with Crippen LogP contribution in [0.15, 0.2) is 84.0 Å². The molecule has 10 nitrogen and oxygen atoms in total. The van der Waals surface area contributed by atoms with Crippen LogP contribution in [0.5, 0.6) is 5.75 Å². The highest BCUT2D eigenvalue weighted by Gasteiger charge is 2.39. The van der Waals surface area contributed by atoms with Crippen molar-refractivity contribution in [2.75, 3.05) is 43.0 Å². The van der Waals surface area contributed by atoms with Gasteiger partial charge >= 0.3 is 5.56 Å². The molecule has 224 valence electrons. The van der Waals surface area contributed by atoms with Gasteiger partial charge in [-0.25, -0.2) is 8.42 Å². The molecule has 4 aromatic rings. The van der Waals surface area contributed by atoms with Crippen LogP contribution >= 0.6 is 11.6 Å². The van der Waals surface area contributed by atoms with Gasteiger partial charge in [0.2, 0.25) is 15.8 Å². The maximum Gasteiger partial charge on any atom is 0.316 e. The molecule has 12 heteroatoms. The topological polar surface area (TPSA) is 110 Å². The number of piperazine rings is 1. The number of benzene rings is 2. The summed E-state index contributed by atoms with van der Waals surface area (Å²) in [5, 5.41) is 8.20. The van der Waals surface area contributed by atoms with Gasteiger partial charge in [-0.15, -0.1) is 0 Å². The number of rotatable bonds is 10. The van der Waals surface area contributed by atoms with Crippen molar-refractivity contribution >= 4 is 38.7 Å². The van der Waals surface area contributed by atoms with E-state index in [1.165, 1.54) is 8.99 Å². The Morgan fingerprint density at radius 2 is 1.67 bits per heavy atom. The zero-order valence-electron chi connectivity index (χ0n) is 23.8. The van der Waals surface area contributed by atoms with E-state index in [1.807, 2.05) is 41.3 Å². The summed E-state index contributed by atoms with van der Waals surface area (Å²) in [6, 6.07) is 18.0. The second-order valence-corrected chi connectivity index (χ2v) is 13.8. The monoisotopic (exact) mass is 620 g/mol. The number of halogens is 1. The van der Waals surface area contributed by atoms with Crippen molar-refractivity contribution in [2.24, 2.45) is 5.41 Å². The number of nitrogens with one attached hydrogen (secondary N) is 1. The molecule has 1 aliphatic heterocycles. The predicted molar refractivity (Wildman–Crippen MR) is 168 cm³/mol. The molecule has 0 unspecified atom stereocenters. The van der Waals surface area contributed by atoms with Gasteiger partial charge in [0, 0.05) is 60.4 Å². The molecule has 2 aromatic carbocycles. The molecule has 1 saturated heterocycles. The molecule has 3 heterocycles. The first-order valence-corrected chi connectivity index (χ1v) is 16.2. The number of ether oxygens (including phenoxy) is 1. The summed E-state index contributed by atoms with van der Waals surface area (Å²) in [5.74, 6) is 0.132. The van der Waals surface area contributed by atoms with E-state index in [1.54, 1.807) is 42.9 Å². The third kappa shape index (κ3) is 6.84. The van der Waals surface area contributed by atoms with E-state index in [2.05, 4.69) is 22.3 Å². The van der Waals surface area contributed by atoms with Crippen LogP contribution in [0.25, 0.3) is 5.69 Å². The lowest BCUT2D eigenvalue weighted by molar-refractivity contribution is 0.242. The van der Waals surface area contributed by atoms with Gasteiger partial charge in [-0.2, -0.15) is 14.1 Å². The number of hydrogen-bond acceptors (Lipinski definition) is 8. The highest BCUT2D eigenvalue weighted by atomic mass is 35.5. The van der Waals surface area contributed by atoms with Crippen molar-refractivity contribution in [3.8, 4) is 11.4 Å². The molecule has 1 N–H and O–H groups in total. The number of nitrogens with zero attached hydrogens (tertiary/aromatic N) is 5. The summed E-state index contributed by atoms with van der Waals surface area (Å²) < 4.78 is 35.6. The first-order chi connectivity index (χ1) is 20.7. The summed E-state index contributed by atoms with van der Waals surface area (Å²) in [6.45, 7) is 3.96. The van der Waals surface area contributed by atoms with Gasteiger partial charge in [-0.3, -0.25) is 9.78 Å². The Kier molecular flexibility index (Phi) is 8.13. The average Bonchev–Trinajstić information content (AvgIpc) is 3.75. The molecule has 1 saturated carbocycles. The van der Waals surface area contributed by atoms with Gasteiger partial charge in [0.25, 0.3) is 0 Å². The number of pyridine rings is 1. The van der Waals surface area contributed by atoms with Crippen molar-refractivity contribution in [3.63, 3.8) is 0 Å². The Bertz CT molecular complexity index is 1750. The van der Waals surface area contributed by atoms with E-state index in [4.69, 9.17) is 16.3 Å². The van der Waals surface area contributed by atoms with E-state index in [0.717, 1.165) is 24.2 Å². The number of hydrogen-bond donors (Lipinski definition) is 1. The molecule has 43 heavy (non-hydrogen) atoms. The van der Waals surface area contributed by atoms with Crippen molar-refractivity contribution < 1.29 is 13.2 Å².